The molecule has 4 heterocycles. The Bertz CT molecular complexity index is 1850. The zero-order valence-corrected chi connectivity index (χ0v) is 18.0. The quantitative estimate of drug-likeness (QED) is 0.333. The van der Waals surface area contributed by atoms with Crippen LogP contribution >= 0.6 is 0 Å². The lowest BCUT2D eigenvalue weighted by Gasteiger charge is -2.12. The second-order valence-electron chi connectivity index (χ2n) is 8.29. The number of nitrogens with zero attached hydrogens (tertiary/aromatic N) is 4. The predicted octanol–water partition coefficient (Wildman–Crippen LogP) is 6.14. The average molecular weight is 442 g/mol. The molecule has 7 rings (SSSR count). The van der Waals surface area contributed by atoms with E-state index in [1.54, 1.807) is 16.9 Å². The molecule has 6 heteroatoms. The number of hydrogen-bond donors (Lipinski definition) is 1. The third-order valence-corrected chi connectivity index (χ3v) is 6.30. The molecule has 0 saturated heterocycles. The van der Waals surface area contributed by atoms with Crippen molar-refractivity contribution >= 4 is 38.4 Å². The highest BCUT2D eigenvalue weighted by atomic mass is 16.3. The first-order chi connectivity index (χ1) is 16.8. The summed E-state index contributed by atoms with van der Waals surface area (Å²) in [7, 11) is 0. The summed E-state index contributed by atoms with van der Waals surface area (Å²) < 4.78 is 7.33. The number of imidazole rings is 1. The molecule has 0 unspecified atom stereocenters. The number of aromatic nitrogens is 4. The Kier molecular flexibility index (Phi) is 3.96. The number of furan rings is 1. The van der Waals surface area contributed by atoms with E-state index in [4.69, 9.17) is 14.4 Å². The first-order valence-corrected chi connectivity index (χ1v) is 11.1. The number of rotatable bonds is 3. The third kappa shape index (κ3) is 2.72. The molecule has 0 aliphatic rings. The fourth-order valence-electron chi connectivity index (χ4n) is 4.73. The first-order valence-electron chi connectivity index (χ1n) is 11.1. The molecule has 4 aromatic heterocycles. The molecule has 0 amide bonds. The lowest BCUT2D eigenvalue weighted by Crippen LogP contribution is -1.97. The maximum Gasteiger partial charge on any atom is 0.220 e. The van der Waals surface area contributed by atoms with Gasteiger partial charge in [0.25, 0.3) is 0 Å². The van der Waals surface area contributed by atoms with Crippen LogP contribution in [0.1, 0.15) is 11.5 Å². The van der Waals surface area contributed by atoms with Gasteiger partial charge in [0, 0.05) is 22.5 Å². The lowest BCUT2D eigenvalue weighted by molar-refractivity contribution is 0.440. The van der Waals surface area contributed by atoms with Gasteiger partial charge in [-0.2, -0.15) is 0 Å². The van der Waals surface area contributed by atoms with Crippen molar-refractivity contribution in [2.45, 2.75) is 6.42 Å². The van der Waals surface area contributed by atoms with Crippen LogP contribution in [0.15, 0.2) is 95.7 Å². The molecule has 162 valence electrons. The zero-order chi connectivity index (χ0) is 22.6. The van der Waals surface area contributed by atoms with Crippen molar-refractivity contribution in [3.8, 4) is 17.1 Å². The third-order valence-electron chi connectivity index (χ3n) is 6.30. The van der Waals surface area contributed by atoms with E-state index in [1.807, 2.05) is 66.7 Å². The minimum atomic E-state index is 0.0914. The number of benzene rings is 3. The highest BCUT2D eigenvalue weighted by molar-refractivity contribution is 6.07. The predicted molar refractivity (Wildman–Crippen MR) is 132 cm³/mol. The van der Waals surface area contributed by atoms with Gasteiger partial charge in [0.2, 0.25) is 5.88 Å². The Labute approximate surface area is 193 Å². The molecule has 1 N–H and O–H groups in total. The van der Waals surface area contributed by atoms with Crippen molar-refractivity contribution in [1.29, 1.82) is 0 Å². The minimum Gasteiger partial charge on any atom is -0.493 e. The van der Waals surface area contributed by atoms with Crippen LogP contribution in [0.5, 0.6) is 5.88 Å². The van der Waals surface area contributed by atoms with E-state index in [0.29, 0.717) is 23.5 Å². The zero-order valence-electron chi connectivity index (χ0n) is 18.0. The van der Waals surface area contributed by atoms with E-state index in [2.05, 4.69) is 17.1 Å². The Balaban J connectivity index is 1.64. The van der Waals surface area contributed by atoms with Crippen LogP contribution in [0, 0.1) is 0 Å². The fraction of sp³-hybridized carbons (Fsp3) is 0.0357. The van der Waals surface area contributed by atoms with Crippen LogP contribution in [0.3, 0.4) is 0 Å². The Morgan fingerprint density at radius 1 is 0.824 bits per heavy atom. The van der Waals surface area contributed by atoms with Crippen molar-refractivity contribution in [1.82, 2.24) is 19.4 Å². The monoisotopic (exact) mass is 442 g/mol. The van der Waals surface area contributed by atoms with Crippen LogP contribution in [0.4, 0.5) is 0 Å². The van der Waals surface area contributed by atoms with Gasteiger partial charge < -0.3 is 9.52 Å². The molecule has 3 aromatic carbocycles. The van der Waals surface area contributed by atoms with E-state index in [9.17, 15) is 5.11 Å². The van der Waals surface area contributed by atoms with E-state index < -0.39 is 0 Å². The van der Waals surface area contributed by atoms with Gasteiger partial charge in [0.15, 0.2) is 5.65 Å². The van der Waals surface area contributed by atoms with Gasteiger partial charge in [0.05, 0.1) is 29.2 Å². The van der Waals surface area contributed by atoms with Crippen molar-refractivity contribution in [2.75, 3.05) is 0 Å². The standard InChI is InChI=1S/C28H18N4O2/c33-28-23(16-18-7-5-15-34-18)30-27-26(21-13-14-29-22-10-4-3-9-20(21)22)31-25-19-8-2-1-6-17(19)11-12-24(25)32(27)28/h1-15,33H,16H2. The molecule has 0 atom stereocenters. The highest BCUT2D eigenvalue weighted by Crippen LogP contribution is 2.36. The van der Waals surface area contributed by atoms with Gasteiger partial charge >= 0.3 is 0 Å². The summed E-state index contributed by atoms with van der Waals surface area (Å²) in [4.78, 5) is 14.5. The van der Waals surface area contributed by atoms with Crippen LogP contribution in [-0.4, -0.2) is 24.5 Å². The summed E-state index contributed by atoms with van der Waals surface area (Å²) in [5.41, 5.74) is 5.23. The van der Waals surface area contributed by atoms with Crippen LogP contribution in [0.2, 0.25) is 0 Å². The molecular weight excluding hydrogens is 424 g/mol. The molecule has 0 aliphatic carbocycles. The molecular formula is C28H18N4O2. The second-order valence-corrected chi connectivity index (χ2v) is 8.29. The van der Waals surface area contributed by atoms with Gasteiger partial charge in [0.1, 0.15) is 17.1 Å². The molecule has 0 saturated carbocycles. The summed E-state index contributed by atoms with van der Waals surface area (Å²) in [6, 6.07) is 25.8. The van der Waals surface area contributed by atoms with Crippen molar-refractivity contribution in [3.05, 3.63) is 103 Å². The van der Waals surface area contributed by atoms with E-state index in [-0.39, 0.29) is 5.88 Å². The molecule has 0 spiro atoms. The molecule has 0 radical (unpaired) electrons. The van der Waals surface area contributed by atoms with Crippen LogP contribution < -0.4 is 0 Å². The number of para-hydroxylation sites is 1. The van der Waals surface area contributed by atoms with Crippen molar-refractivity contribution in [2.24, 2.45) is 0 Å². The summed E-state index contributed by atoms with van der Waals surface area (Å²) in [5, 5.41) is 14.4. The summed E-state index contributed by atoms with van der Waals surface area (Å²) >= 11 is 0. The maximum absolute atomic E-state index is 11.4. The summed E-state index contributed by atoms with van der Waals surface area (Å²) in [6.07, 6.45) is 3.79. The molecule has 0 aliphatic heterocycles. The van der Waals surface area contributed by atoms with Gasteiger partial charge in [-0.25, -0.2) is 9.97 Å². The normalized spacial score (nSPS) is 11.8. The SMILES string of the molecule is Oc1c(Cc2ccco2)nc2c(-c3ccnc4ccccc34)nc3c4ccccc4ccc3n12. The first kappa shape index (κ1) is 18.8. The molecule has 0 bridgehead atoms. The van der Waals surface area contributed by atoms with Crippen LogP contribution in [0.25, 0.3) is 49.6 Å². The minimum absolute atomic E-state index is 0.0914. The Hall–Kier alpha value is -4.71. The van der Waals surface area contributed by atoms with E-state index in [0.717, 1.165) is 44.0 Å². The molecule has 7 aromatic rings. The maximum atomic E-state index is 11.4. The highest BCUT2D eigenvalue weighted by Gasteiger charge is 2.22. The van der Waals surface area contributed by atoms with Crippen molar-refractivity contribution < 1.29 is 9.52 Å². The molecule has 6 nitrogen and oxygen atoms in total. The molecule has 34 heavy (non-hydrogen) atoms. The number of fused-ring (bicyclic) bond motifs is 6. The lowest BCUT2D eigenvalue weighted by atomic mass is 10.0. The number of pyridine rings is 1. The fourth-order valence-corrected chi connectivity index (χ4v) is 4.73. The van der Waals surface area contributed by atoms with Crippen molar-refractivity contribution in [3.63, 3.8) is 0 Å². The van der Waals surface area contributed by atoms with Crippen LogP contribution in [-0.2, 0) is 6.42 Å². The summed E-state index contributed by atoms with van der Waals surface area (Å²) in [5.74, 6) is 0.825. The Morgan fingerprint density at radius 2 is 1.68 bits per heavy atom. The Morgan fingerprint density at radius 3 is 2.56 bits per heavy atom. The van der Waals surface area contributed by atoms with Gasteiger partial charge in [-0.15, -0.1) is 0 Å². The topological polar surface area (TPSA) is 76.5 Å². The van der Waals surface area contributed by atoms with E-state index >= 15 is 0 Å². The van der Waals surface area contributed by atoms with E-state index in [1.165, 1.54) is 0 Å². The average Bonchev–Trinajstić information content (AvgIpc) is 3.51. The molecule has 0 fully saturated rings. The number of aromatic hydroxyl groups is 1. The van der Waals surface area contributed by atoms with Gasteiger partial charge in [-0.3, -0.25) is 9.38 Å². The number of hydrogen-bond acceptors (Lipinski definition) is 5. The van der Waals surface area contributed by atoms with Gasteiger partial charge in [-0.05, 0) is 35.7 Å². The summed E-state index contributed by atoms with van der Waals surface area (Å²) in [6.45, 7) is 0. The smallest absolute Gasteiger partial charge is 0.220 e. The second kappa shape index (κ2) is 7.15. The van der Waals surface area contributed by atoms with Gasteiger partial charge in [-0.1, -0.05) is 48.5 Å². The largest absolute Gasteiger partial charge is 0.493 e.